The molecular weight excluding hydrogens is 1030 g/mol. The number of benzene rings is 2. The number of nitrogens with zero attached hydrogens (tertiary/aromatic N) is 6. The van der Waals surface area contributed by atoms with Crippen LogP contribution in [-0.4, -0.2) is 95.3 Å². The number of aliphatic hydroxyl groups excluding tert-OH is 5. The Morgan fingerprint density at radius 3 is 1.69 bits per heavy atom. The largest absolute Gasteiger partial charge is 0.400 e. The highest BCUT2D eigenvalue weighted by Gasteiger charge is 2.48. The third kappa shape index (κ3) is 17.2. The van der Waals surface area contributed by atoms with E-state index in [1.165, 1.54) is 16.4 Å². The molecule has 6 aromatic rings. The number of hydrogen-bond acceptors (Lipinski definition) is 13. The molecule has 0 spiro atoms. The fourth-order valence-corrected chi connectivity index (χ4v) is 8.96. The van der Waals surface area contributed by atoms with Gasteiger partial charge in [-0.1, -0.05) is 75.8 Å². The van der Waals surface area contributed by atoms with Crippen LogP contribution in [0.15, 0.2) is 94.5 Å². The van der Waals surface area contributed by atoms with Crippen LogP contribution >= 0.6 is 22.6 Å². The van der Waals surface area contributed by atoms with Crippen LogP contribution < -0.4 is 0 Å². The lowest BCUT2D eigenvalue weighted by Crippen LogP contribution is -2.24. The van der Waals surface area contributed by atoms with Crippen molar-refractivity contribution in [2.24, 2.45) is 35.5 Å². The minimum Gasteiger partial charge on any atom is -0.400 e. The summed E-state index contributed by atoms with van der Waals surface area (Å²) in [5, 5.41) is 50.6. The first-order valence-corrected chi connectivity index (χ1v) is 24.6. The van der Waals surface area contributed by atoms with Crippen molar-refractivity contribution in [3.8, 4) is 46.8 Å². The SMILES string of the molecule is C.C.C#CC1C(CC)C1CC.CO.CO.C[C@H](O)c1nccn1Cc1cc(-c2ccc(C#CC3C(CO)C3CO)cc2)on1.C[C@H](OC1CCCCO1)c1nccn1Cc1cc(-c2ccc(I)cc2)on1.F. The van der Waals surface area contributed by atoms with Crippen molar-refractivity contribution >= 4 is 22.6 Å². The summed E-state index contributed by atoms with van der Waals surface area (Å²) in [5.41, 5.74) is 4.37. The Bertz CT molecular complexity index is 2500. The van der Waals surface area contributed by atoms with Crippen LogP contribution in [0.2, 0.25) is 0 Å². The number of rotatable bonds is 14. The van der Waals surface area contributed by atoms with E-state index < -0.39 is 6.10 Å². The van der Waals surface area contributed by atoms with Crippen LogP contribution in [0.5, 0.6) is 0 Å². The van der Waals surface area contributed by atoms with Crippen LogP contribution in [0.3, 0.4) is 0 Å². The van der Waals surface area contributed by atoms with Gasteiger partial charge in [0.1, 0.15) is 35.2 Å². The van der Waals surface area contributed by atoms with E-state index in [1.54, 1.807) is 25.5 Å². The molecule has 5 N–H and O–H groups in total. The molecule has 2 saturated carbocycles. The zero-order valence-corrected chi connectivity index (χ0v) is 42.9. The molecular formula is C55H76FIN6O9. The van der Waals surface area contributed by atoms with E-state index in [1.807, 2.05) is 70.8 Å². The Balaban J connectivity index is 0.000000385. The van der Waals surface area contributed by atoms with Gasteiger partial charge in [0.15, 0.2) is 17.8 Å². The molecule has 0 amide bonds. The maximum Gasteiger partial charge on any atom is 0.167 e. The van der Waals surface area contributed by atoms with Gasteiger partial charge in [-0.2, -0.15) is 0 Å². The fraction of sp³-hybridized carbons (Fsp3) is 0.491. The number of ether oxygens (including phenoxy) is 2. The second kappa shape index (κ2) is 32.1. The number of hydrogen-bond donors (Lipinski definition) is 5. The molecule has 15 nitrogen and oxygen atoms in total. The smallest absolute Gasteiger partial charge is 0.167 e. The molecule has 3 fully saturated rings. The topological polar surface area (TPSA) is 207 Å². The van der Waals surface area contributed by atoms with E-state index in [-0.39, 0.29) is 62.9 Å². The Kier molecular flexibility index (Phi) is 28.0. The molecule has 0 bridgehead atoms. The van der Waals surface area contributed by atoms with Crippen LogP contribution in [-0.2, 0) is 22.6 Å². The van der Waals surface area contributed by atoms with Crippen molar-refractivity contribution < 1.29 is 48.8 Å². The van der Waals surface area contributed by atoms with Crippen molar-refractivity contribution in [3.63, 3.8) is 0 Å². The third-order valence-corrected chi connectivity index (χ3v) is 13.1. The first kappa shape index (κ1) is 62.9. The van der Waals surface area contributed by atoms with Gasteiger partial charge in [-0.15, -0.1) is 12.3 Å². The number of aromatic nitrogens is 6. The molecule has 1 saturated heterocycles. The molecule has 0 radical (unpaired) electrons. The van der Waals surface area contributed by atoms with Gasteiger partial charge in [0, 0.05) is 115 Å². The lowest BCUT2D eigenvalue weighted by atomic mass is 10.1. The van der Waals surface area contributed by atoms with E-state index in [9.17, 15) is 15.3 Å². The summed E-state index contributed by atoms with van der Waals surface area (Å²) >= 11 is 2.29. The summed E-state index contributed by atoms with van der Waals surface area (Å²) in [5.74, 6) is 14.6. The van der Waals surface area contributed by atoms with Crippen molar-refractivity contribution in [1.29, 1.82) is 0 Å². The molecule has 2 aromatic carbocycles. The second-order valence-electron chi connectivity index (χ2n) is 16.9. The lowest BCUT2D eigenvalue weighted by Gasteiger charge is -2.26. The van der Waals surface area contributed by atoms with Gasteiger partial charge in [0.25, 0.3) is 0 Å². The van der Waals surface area contributed by atoms with Gasteiger partial charge < -0.3 is 53.2 Å². The average Bonchev–Trinajstić information content (AvgIpc) is 3.73. The molecule has 394 valence electrons. The summed E-state index contributed by atoms with van der Waals surface area (Å²) in [6.45, 7) is 10.1. The Morgan fingerprint density at radius 1 is 0.750 bits per heavy atom. The molecule has 5 heterocycles. The molecule has 3 aliphatic rings. The highest BCUT2D eigenvalue weighted by Crippen LogP contribution is 2.50. The maximum atomic E-state index is 9.76. The summed E-state index contributed by atoms with van der Waals surface area (Å²) in [6, 6.07) is 19.7. The van der Waals surface area contributed by atoms with Gasteiger partial charge in [-0.05, 0) is 104 Å². The predicted octanol–water partition coefficient (Wildman–Crippen LogP) is 9.58. The van der Waals surface area contributed by atoms with Gasteiger partial charge in [0.05, 0.1) is 13.1 Å². The minimum atomic E-state index is -0.652. The van der Waals surface area contributed by atoms with Crippen LogP contribution in [0.4, 0.5) is 4.70 Å². The molecule has 5 unspecified atom stereocenters. The summed E-state index contributed by atoms with van der Waals surface area (Å²) in [6.07, 6.45) is 17.3. The second-order valence-corrected chi connectivity index (χ2v) is 18.1. The Morgan fingerprint density at radius 2 is 1.25 bits per heavy atom. The lowest BCUT2D eigenvalue weighted by molar-refractivity contribution is -0.188. The number of aliphatic hydroxyl groups is 5. The number of terminal acetylenes is 1. The minimum absolute atomic E-state index is 0. The summed E-state index contributed by atoms with van der Waals surface area (Å²) < 4.78 is 27.8. The Hall–Kier alpha value is -5.22. The molecule has 7 atom stereocenters. The normalized spacial score (nSPS) is 20.7. The van der Waals surface area contributed by atoms with Crippen molar-refractivity contribution in [2.45, 2.75) is 106 Å². The fourth-order valence-electron chi connectivity index (χ4n) is 8.60. The number of halogens is 2. The maximum absolute atomic E-state index is 9.76. The molecule has 72 heavy (non-hydrogen) atoms. The standard InChI is InChI=1S/C22H23N3O4.C20H22IN3O3.C9H14.2CH4O.2CH4.FH/c1-14(28)22-23-8-9-25(22)11-17-10-21(29-24-17)16-5-2-15(3-6-16)4-7-18-19(12-26)20(18)13-27;1-14(26-19-4-2-3-11-25-19)20-22-9-10-24(20)13-17-12-18(27-23-17)15-5-7-16(21)8-6-15;1-4-7-8(5-2)9(7)6-3;2*1-2;;;/h2-3,5-6,8-10,14,18-20,26-28H,11-13H2,1H3;5-10,12,14,19H,2-4,11,13H2,1H3;1,7-9H,5-6H2,2-3H3;2*2H,1H3;2*1H4;1H/t14-,18?,19?,20?;14-,19?;;;;;;/m00....../s1. The first-order valence-electron chi connectivity index (χ1n) is 23.5. The summed E-state index contributed by atoms with van der Waals surface area (Å²) in [4.78, 5) is 8.63. The molecule has 1 aliphatic heterocycles. The van der Waals surface area contributed by atoms with Crippen molar-refractivity contribution in [3.05, 3.63) is 118 Å². The van der Waals surface area contributed by atoms with Crippen LogP contribution in [0, 0.1) is 63.3 Å². The molecule has 9 rings (SSSR count). The van der Waals surface area contributed by atoms with Gasteiger partial charge in [-0.25, -0.2) is 9.97 Å². The first-order chi connectivity index (χ1) is 33.6. The zero-order valence-electron chi connectivity index (χ0n) is 40.8. The number of imidazole rings is 2. The Labute approximate surface area is 438 Å². The summed E-state index contributed by atoms with van der Waals surface area (Å²) in [7, 11) is 2.00. The van der Waals surface area contributed by atoms with E-state index in [0.29, 0.717) is 30.6 Å². The quantitative estimate of drug-likeness (QED) is 0.0509. The van der Waals surface area contributed by atoms with Gasteiger partial charge in [-0.3, -0.25) is 4.70 Å². The highest BCUT2D eigenvalue weighted by molar-refractivity contribution is 14.1. The van der Waals surface area contributed by atoms with Crippen LogP contribution in [0.1, 0.15) is 115 Å². The zero-order chi connectivity index (χ0) is 49.9. The van der Waals surface area contributed by atoms with E-state index >= 15 is 0 Å². The van der Waals surface area contributed by atoms with Crippen LogP contribution in [0.25, 0.3) is 22.6 Å². The third-order valence-electron chi connectivity index (χ3n) is 12.4. The molecule has 17 heteroatoms. The van der Waals surface area contributed by atoms with Crippen molar-refractivity contribution in [2.75, 3.05) is 34.0 Å². The van der Waals surface area contributed by atoms with E-state index in [4.69, 9.17) is 35.2 Å². The monoisotopic (exact) mass is 1110 g/mol. The van der Waals surface area contributed by atoms with E-state index in [0.717, 1.165) is 91.6 Å². The van der Waals surface area contributed by atoms with E-state index in [2.05, 4.69) is 86.6 Å². The van der Waals surface area contributed by atoms with Crippen molar-refractivity contribution in [1.82, 2.24) is 29.4 Å². The van der Waals surface area contributed by atoms with Gasteiger partial charge >= 0.3 is 0 Å². The van der Waals surface area contributed by atoms with Gasteiger partial charge in [0.2, 0.25) is 0 Å². The predicted molar refractivity (Wildman–Crippen MR) is 287 cm³/mol. The highest BCUT2D eigenvalue weighted by atomic mass is 127. The molecule has 4 aromatic heterocycles. The molecule has 2 aliphatic carbocycles. The average molecular weight is 1110 g/mol.